The summed E-state index contributed by atoms with van der Waals surface area (Å²) in [5.74, 6) is -0.386. The van der Waals surface area contributed by atoms with Gasteiger partial charge in [-0.1, -0.05) is 18.2 Å². The highest BCUT2D eigenvalue weighted by molar-refractivity contribution is 5.93. The first-order valence-electron chi connectivity index (χ1n) is 7.89. The number of carbonyl (C=O) groups is 1. The molecule has 0 saturated heterocycles. The Bertz CT molecular complexity index is 924. The first kappa shape index (κ1) is 14.0. The number of carbonyl (C=O) groups excluding carboxylic acids is 1. The third-order valence-corrected chi connectivity index (χ3v) is 4.65. The van der Waals surface area contributed by atoms with Gasteiger partial charge in [-0.3, -0.25) is 4.79 Å². The van der Waals surface area contributed by atoms with E-state index in [9.17, 15) is 4.79 Å². The second-order valence-corrected chi connectivity index (χ2v) is 6.07. The number of aryl methyl sites for hydroxylation is 1. The molecule has 0 bridgehead atoms. The number of nitrogens with one attached hydrogen (secondary N) is 1. The van der Waals surface area contributed by atoms with Crippen LogP contribution in [-0.4, -0.2) is 17.0 Å². The largest absolute Gasteiger partial charge is 0.366 e. The van der Waals surface area contributed by atoms with Crippen molar-refractivity contribution in [2.45, 2.75) is 19.9 Å². The summed E-state index contributed by atoms with van der Waals surface area (Å²) in [6.45, 7) is 3.92. The zero-order chi connectivity index (χ0) is 16.0. The van der Waals surface area contributed by atoms with Gasteiger partial charge in [-0.05, 0) is 42.3 Å². The molecule has 3 N–H and O–H groups in total. The normalized spacial score (nSPS) is 14.0. The fourth-order valence-corrected chi connectivity index (χ4v) is 3.57. The van der Waals surface area contributed by atoms with Crippen molar-refractivity contribution in [3.63, 3.8) is 0 Å². The van der Waals surface area contributed by atoms with E-state index in [0.29, 0.717) is 5.56 Å². The molecule has 4 rings (SSSR count). The van der Waals surface area contributed by atoms with E-state index >= 15 is 0 Å². The van der Waals surface area contributed by atoms with Crippen molar-refractivity contribution in [2.75, 3.05) is 6.54 Å². The second-order valence-electron chi connectivity index (χ2n) is 6.07. The first-order valence-corrected chi connectivity index (χ1v) is 7.89. The highest BCUT2D eigenvalue weighted by Gasteiger charge is 2.21. The maximum absolute atomic E-state index is 11.4. The van der Waals surface area contributed by atoms with Gasteiger partial charge in [0.15, 0.2) is 0 Å². The van der Waals surface area contributed by atoms with Crippen LogP contribution in [0.25, 0.3) is 16.6 Å². The molecule has 3 aromatic rings. The smallest absolute Gasteiger partial charge is 0.248 e. The molecular weight excluding hydrogens is 286 g/mol. The summed E-state index contributed by atoms with van der Waals surface area (Å²) in [5, 5.41) is 4.76. The van der Waals surface area contributed by atoms with Crippen LogP contribution < -0.4 is 11.1 Å². The van der Waals surface area contributed by atoms with E-state index in [2.05, 4.69) is 34.1 Å². The van der Waals surface area contributed by atoms with Gasteiger partial charge in [-0.2, -0.15) is 0 Å². The standard InChI is InChI=1S/C19H19N3O/c1-12-10-13(19(20)23)6-7-16(12)22-17-5-3-2-4-14(17)15-11-21-9-8-18(15)22/h2-7,10,21H,8-9,11H2,1H3,(H2,20,23). The Hall–Kier alpha value is -2.59. The Morgan fingerprint density at radius 1 is 1.22 bits per heavy atom. The van der Waals surface area contributed by atoms with Gasteiger partial charge >= 0.3 is 0 Å². The summed E-state index contributed by atoms with van der Waals surface area (Å²) in [7, 11) is 0. The zero-order valence-corrected chi connectivity index (χ0v) is 13.1. The summed E-state index contributed by atoms with van der Waals surface area (Å²) < 4.78 is 2.34. The van der Waals surface area contributed by atoms with E-state index in [0.717, 1.165) is 30.8 Å². The zero-order valence-electron chi connectivity index (χ0n) is 13.1. The van der Waals surface area contributed by atoms with Gasteiger partial charge in [0.1, 0.15) is 0 Å². The van der Waals surface area contributed by atoms with E-state index in [4.69, 9.17) is 5.73 Å². The molecule has 2 aromatic carbocycles. The van der Waals surface area contributed by atoms with E-state index in [1.54, 1.807) is 0 Å². The van der Waals surface area contributed by atoms with Crippen molar-refractivity contribution in [1.29, 1.82) is 0 Å². The predicted molar refractivity (Wildman–Crippen MR) is 91.9 cm³/mol. The Balaban J connectivity index is 2.01. The molecule has 0 radical (unpaired) electrons. The van der Waals surface area contributed by atoms with Gasteiger partial charge < -0.3 is 15.6 Å². The van der Waals surface area contributed by atoms with Gasteiger partial charge in [0.05, 0.1) is 5.52 Å². The molecule has 1 amide bonds. The Labute approximate surface area is 134 Å². The molecule has 116 valence electrons. The molecule has 0 saturated carbocycles. The monoisotopic (exact) mass is 305 g/mol. The van der Waals surface area contributed by atoms with Crippen LogP contribution in [0.1, 0.15) is 27.2 Å². The van der Waals surface area contributed by atoms with Crippen molar-refractivity contribution in [3.8, 4) is 5.69 Å². The van der Waals surface area contributed by atoms with Gasteiger partial charge in [0, 0.05) is 41.8 Å². The Morgan fingerprint density at radius 3 is 2.83 bits per heavy atom. The number of aromatic nitrogens is 1. The lowest BCUT2D eigenvalue weighted by atomic mass is 10.1. The summed E-state index contributed by atoms with van der Waals surface area (Å²) in [6.07, 6.45) is 1.00. The van der Waals surface area contributed by atoms with Gasteiger partial charge in [0.2, 0.25) is 5.91 Å². The number of fused-ring (bicyclic) bond motifs is 3. The van der Waals surface area contributed by atoms with Crippen molar-refractivity contribution < 1.29 is 4.79 Å². The van der Waals surface area contributed by atoms with E-state index < -0.39 is 0 Å². The fraction of sp³-hybridized carbons (Fsp3) is 0.211. The Kier molecular flexibility index (Phi) is 3.20. The van der Waals surface area contributed by atoms with Crippen LogP contribution in [-0.2, 0) is 13.0 Å². The van der Waals surface area contributed by atoms with Crippen molar-refractivity contribution in [3.05, 3.63) is 64.8 Å². The minimum Gasteiger partial charge on any atom is -0.366 e. The summed E-state index contributed by atoms with van der Waals surface area (Å²) in [6, 6.07) is 14.2. The average Bonchev–Trinajstić information content (AvgIpc) is 2.89. The van der Waals surface area contributed by atoms with Crippen LogP contribution in [0, 0.1) is 6.92 Å². The van der Waals surface area contributed by atoms with Crippen molar-refractivity contribution in [2.24, 2.45) is 5.73 Å². The molecule has 0 spiro atoms. The maximum atomic E-state index is 11.4. The number of nitrogens with two attached hydrogens (primary N) is 1. The molecule has 1 aliphatic heterocycles. The van der Waals surface area contributed by atoms with Crippen LogP contribution in [0.4, 0.5) is 0 Å². The average molecular weight is 305 g/mol. The fourth-order valence-electron chi connectivity index (χ4n) is 3.57. The van der Waals surface area contributed by atoms with E-state index in [1.807, 2.05) is 25.1 Å². The lowest BCUT2D eigenvalue weighted by Crippen LogP contribution is -2.24. The lowest BCUT2D eigenvalue weighted by molar-refractivity contribution is 0.1000. The maximum Gasteiger partial charge on any atom is 0.248 e. The molecule has 0 atom stereocenters. The molecule has 4 heteroatoms. The topological polar surface area (TPSA) is 60.1 Å². The third-order valence-electron chi connectivity index (χ3n) is 4.65. The molecule has 2 heterocycles. The molecule has 0 aliphatic carbocycles. The minimum absolute atomic E-state index is 0.386. The number of hydrogen-bond donors (Lipinski definition) is 2. The highest BCUT2D eigenvalue weighted by atomic mass is 16.1. The number of amides is 1. The van der Waals surface area contributed by atoms with Crippen LogP contribution in [0.15, 0.2) is 42.5 Å². The van der Waals surface area contributed by atoms with E-state index in [-0.39, 0.29) is 5.91 Å². The molecule has 0 unspecified atom stereocenters. The number of hydrogen-bond acceptors (Lipinski definition) is 2. The van der Waals surface area contributed by atoms with E-state index in [1.165, 1.54) is 22.2 Å². The molecule has 23 heavy (non-hydrogen) atoms. The number of primary amides is 1. The van der Waals surface area contributed by atoms with Crippen molar-refractivity contribution >= 4 is 16.8 Å². The molecule has 1 aliphatic rings. The molecule has 4 nitrogen and oxygen atoms in total. The summed E-state index contributed by atoms with van der Waals surface area (Å²) >= 11 is 0. The minimum atomic E-state index is -0.386. The summed E-state index contributed by atoms with van der Waals surface area (Å²) in [4.78, 5) is 11.4. The number of benzene rings is 2. The highest BCUT2D eigenvalue weighted by Crippen LogP contribution is 2.32. The molecule has 1 aromatic heterocycles. The lowest BCUT2D eigenvalue weighted by Gasteiger charge is -2.18. The van der Waals surface area contributed by atoms with Crippen LogP contribution in [0.3, 0.4) is 0 Å². The van der Waals surface area contributed by atoms with Gasteiger partial charge in [-0.15, -0.1) is 0 Å². The summed E-state index contributed by atoms with van der Waals surface area (Å²) in [5.41, 5.74) is 12.1. The SMILES string of the molecule is Cc1cc(C(N)=O)ccc1-n1c2c(c3ccccc31)CNCC2. The number of nitrogens with zero attached hydrogens (tertiary/aromatic N) is 1. The van der Waals surface area contributed by atoms with Crippen LogP contribution in [0.5, 0.6) is 0 Å². The van der Waals surface area contributed by atoms with Gasteiger partial charge in [0.25, 0.3) is 0 Å². The third kappa shape index (κ3) is 2.14. The number of rotatable bonds is 2. The van der Waals surface area contributed by atoms with Crippen molar-refractivity contribution in [1.82, 2.24) is 9.88 Å². The number of para-hydroxylation sites is 1. The van der Waals surface area contributed by atoms with Crippen LogP contribution >= 0.6 is 0 Å². The molecule has 0 fully saturated rings. The predicted octanol–water partition coefficient (Wildman–Crippen LogP) is 2.68. The van der Waals surface area contributed by atoms with Gasteiger partial charge in [-0.25, -0.2) is 0 Å². The first-order chi connectivity index (χ1) is 11.2. The molecular formula is C19H19N3O. The van der Waals surface area contributed by atoms with Crippen LogP contribution in [0.2, 0.25) is 0 Å². The Morgan fingerprint density at radius 2 is 2.04 bits per heavy atom. The second kappa shape index (κ2) is 5.25. The quantitative estimate of drug-likeness (QED) is 0.764.